The van der Waals surface area contributed by atoms with Crippen molar-refractivity contribution in [3.63, 3.8) is 0 Å². The lowest BCUT2D eigenvalue weighted by Gasteiger charge is -2.20. The van der Waals surface area contributed by atoms with Crippen LogP contribution in [0.2, 0.25) is 5.02 Å². The van der Waals surface area contributed by atoms with E-state index in [1.165, 1.54) is 6.92 Å². The molecule has 0 saturated carbocycles. The molecule has 1 aliphatic heterocycles. The molecule has 1 fully saturated rings. The molecule has 1 saturated heterocycles. The van der Waals surface area contributed by atoms with Gasteiger partial charge in [-0.15, -0.1) is 0 Å². The van der Waals surface area contributed by atoms with Crippen LogP contribution in [-0.4, -0.2) is 24.9 Å². The molecule has 1 atom stereocenters. The second kappa shape index (κ2) is 6.47. The van der Waals surface area contributed by atoms with Crippen molar-refractivity contribution < 1.29 is 9.59 Å². The minimum Gasteiger partial charge on any atom is -0.325 e. The Labute approximate surface area is 126 Å². The number of benzene rings is 1. The van der Waals surface area contributed by atoms with E-state index in [1.54, 1.807) is 23.1 Å². The molecule has 8 heteroatoms. The molecule has 0 aromatic heterocycles. The van der Waals surface area contributed by atoms with Gasteiger partial charge in [0.05, 0.1) is 11.4 Å². The Balaban J connectivity index is 2.28. The lowest BCUT2D eigenvalue weighted by molar-refractivity contribution is -0.117. The number of amides is 2. The van der Waals surface area contributed by atoms with E-state index in [0.29, 0.717) is 29.4 Å². The molecule has 0 radical (unpaired) electrons. The Morgan fingerprint density at radius 3 is 3.05 bits per heavy atom. The van der Waals surface area contributed by atoms with E-state index in [0.717, 1.165) is 0 Å². The second-order valence-corrected chi connectivity index (χ2v) is 5.27. The van der Waals surface area contributed by atoms with Crippen molar-refractivity contribution in [2.75, 3.05) is 23.3 Å². The first-order chi connectivity index (χ1) is 10.0. The zero-order chi connectivity index (χ0) is 15.4. The van der Waals surface area contributed by atoms with Crippen LogP contribution in [0.3, 0.4) is 0 Å². The number of carbonyl (C=O) groups is 2. The third-order valence-electron chi connectivity index (χ3n) is 3.17. The van der Waals surface area contributed by atoms with Crippen molar-refractivity contribution in [1.82, 2.24) is 0 Å². The highest BCUT2D eigenvalue weighted by Gasteiger charge is 2.31. The van der Waals surface area contributed by atoms with Gasteiger partial charge in [-0.3, -0.25) is 9.59 Å². The summed E-state index contributed by atoms with van der Waals surface area (Å²) in [5, 5.41) is 6.67. The Bertz CT molecular complexity index is 627. The number of hydrogen-bond donors (Lipinski definition) is 1. The Morgan fingerprint density at radius 2 is 2.38 bits per heavy atom. The average Bonchev–Trinajstić information content (AvgIpc) is 2.79. The van der Waals surface area contributed by atoms with Crippen LogP contribution in [0.25, 0.3) is 10.4 Å². The zero-order valence-corrected chi connectivity index (χ0v) is 12.2. The van der Waals surface area contributed by atoms with E-state index < -0.39 is 0 Å². The molecule has 1 heterocycles. The molecule has 1 unspecified atom stereocenters. The second-order valence-electron chi connectivity index (χ2n) is 4.83. The van der Waals surface area contributed by atoms with Gasteiger partial charge in [0.1, 0.15) is 0 Å². The highest BCUT2D eigenvalue weighted by Crippen LogP contribution is 2.33. The minimum absolute atomic E-state index is 0.0300. The largest absolute Gasteiger partial charge is 0.325 e. The number of halogens is 1. The van der Waals surface area contributed by atoms with Gasteiger partial charge in [-0.2, -0.15) is 0 Å². The maximum Gasteiger partial charge on any atom is 0.227 e. The van der Waals surface area contributed by atoms with Crippen LogP contribution in [0.4, 0.5) is 11.4 Å². The molecule has 0 aliphatic carbocycles. The van der Waals surface area contributed by atoms with Gasteiger partial charge in [0.25, 0.3) is 0 Å². The first-order valence-corrected chi connectivity index (χ1v) is 6.77. The molecule has 2 rings (SSSR count). The normalized spacial score (nSPS) is 17.5. The number of nitrogens with zero attached hydrogens (tertiary/aromatic N) is 4. The predicted octanol–water partition coefficient (Wildman–Crippen LogP) is 2.96. The van der Waals surface area contributed by atoms with Crippen LogP contribution in [0.15, 0.2) is 23.3 Å². The topological polar surface area (TPSA) is 98.2 Å². The molecule has 21 heavy (non-hydrogen) atoms. The number of carbonyl (C=O) groups excluding carboxylic acids is 2. The van der Waals surface area contributed by atoms with Crippen molar-refractivity contribution in [2.24, 2.45) is 11.0 Å². The molecular weight excluding hydrogens is 294 g/mol. The minimum atomic E-state index is -0.226. The van der Waals surface area contributed by atoms with Crippen LogP contribution < -0.4 is 10.2 Å². The summed E-state index contributed by atoms with van der Waals surface area (Å²) in [5.74, 6) is -0.338. The third kappa shape index (κ3) is 3.65. The smallest absolute Gasteiger partial charge is 0.227 e. The predicted molar refractivity (Wildman–Crippen MR) is 80.2 cm³/mol. The molecule has 1 aliphatic rings. The Kier molecular flexibility index (Phi) is 4.67. The summed E-state index contributed by atoms with van der Waals surface area (Å²) in [4.78, 5) is 27.7. The van der Waals surface area contributed by atoms with Gasteiger partial charge in [0, 0.05) is 36.4 Å². The van der Waals surface area contributed by atoms with Gasteiger partial charge < -0.3 is 10.2 Å². The van der Waals surface area contributed by atoms with Gasteiger partial charge in [-0.05, 0) is 29.6 Å². The van der Waals surface area contributed by atoms with Gasteiger partial charge in [0.15, 0.2) is 0 Å². The van der Waals surface area contributed by atoms with Crippen LogP contribution >= 0.6 is 11.6 Å². The summed E-state index contributed by atoms with van der Waals surface area (Å²) in [6.07, 6.45) is 0.311. The summed E-state index contributed by atoms with van der Waals surface area (Å²) in [5.41, 5.74) is 9.44. The standard InChI is InChI=1S/C13H14ClN5O2/c1-8(20)17-11-3-2-10(14)5-12(11)19-7-9(4-13(19)21)6-16-18-15/h2-3,5,9H,4,6-7H2,1H3,(H,17,20). The van der Waals surface area contributed by atoms with Crippen LogP contribution in [0, 0.1) is 5.92 Å². The van der Waals surface area contributed by atoms with E-state index >= 15 is 0 Å². The van der Waals surface area contributed by atoms with Gasteiger partial charge in [-0.25, -0.2) is 0 Å². The highest BCUT2D eigenvalue weighted by atomic mass is 35.5. The van der Waals surface area contributed by atoms with E-state index in [1.807, 2.05) is 0 Å². The molecule has 110 valence electrons. The quantitative estimate of drug-likeness (QED) is 0.525. The van der Waals surface area contributed by atoms with Crippen LogP contribution in [0.1, 0.15) is 13.3 Å². The molecule has 2 amide bonds. The monoisotopic (exact) mass is 307 g/mol. The molecular formula is C13H14ClN5O2. The molecule has 0 bridgehead atoms. The number of rotatable bonds is 4. The maximum atomic E-state index is 12.1. The lowest BCUT2D eigenvalue weighted by atomic mass is 10.1. The van der Waals surface area contributed by atoms with E-state index in [2.05, 4.69) is 15.3 Å². The maximum absolute atomic E-state index is 12.1. The van der Waals surface area contributed by atoms with E-state index in [4.69, 9.17) is 17.1 Å². The number of azide groups is 1. The van der Waals surface area contributed by atoms with Gasteiger partial charge >= 0.3 is 0 Å². The number of hydrogen-bond acceptors (Lipinski definition) is 3. The molecule has 1 N–H and O–H groups in total. The molecule has 0 spiro atoms. The summed E-state index contributed by atoms with van der Waals surface area (Å²) < 4.78 is 0. The van der Waals surface area contributed by atoms with Gasteiger partial charge in [0.2, 0.25) is 11.8 Å². The SMILES string of the molecule is CC(=O)Nc1ccc(Cl)cc1N1CC(CN=[N+]=[N-])CC1=O. The fourth-order valence-corrected chi connectivity index (χ4v) is 2.48. The fourth-order valence-electron chi connectivity index (χ4n) is 2.31. The molecule has 1 aromatic rings. The van der Waals surface area contributed by atoms with Crippen molar-refractivity contribution in [3.8, 4) is 0 Å². The molecule has 7 nitrogen and oxygen atoms in total. The number of anilines is 2. The first kappa shape index (κ1) is 15.2. The number of nitrogens with one attached hydrogen (secondary N) is 1. The van der Waals surface area contributed by atoms with Crippen molar-refractivity contribution in [2.45, 2.75) is 13.3 Å². The Hall–Kier alpha value is -2.24. The van der Waals surface area contributed by atoms with Crippen molar-refractivity contribution in [3.05, 3.63) is 33.7 Å². The fraction of sp³-hybridized carbons (Fsp3) is 0.385. The molecule has 1 aromatic carbocycles. The first-order valence-electron chi connectivity index (χ1n) is 6.39. The summed E-state index contributed by atoms with van der Waals surface area (Å²) in [6, 6.07) is 4.95. The van der Waals surface area contributed by atoms with E-state index in [-0.39, 0.29) is 24.3 Å². The van der Waals surface area contributed by atoms with Crippen molar-refractivity contribution in [1.29, 1.82) is 0 Å². The van der Waals surface area contributed by atoms with Crippen LogP contribution in [0.5, 0.6) is 0 Å². The van der Waals surface area contributed by atoms with E-state index in [9.17, 15) is 9.59 Å². The summed E-state index contributed by atoms with van der Waals surface area (Å²) in [7, 11) is 0. The average molecular weight is 308 g/mol. The zero-order valence-electron chi connectivity index (χ0n) is 11.4. The van der Waals surface area contributed by atoms with Gasteiger partial charge in [-0.1, -0.05) is 16.7 Å². The highest BCUT2D eigenvalue weighted by molar-refractivity contribution is 6.31. The van der Waals surface area contributed by atoms with Crippen LogP contribution in [-0.2, 0) is 9.59 Å². The lowest BCUT2D eigenvalue weighted by Crippen LogP contribution is -2.26. The Morgan fingerprint density at radius 1 is 1.62 bits per heavy atom. The van der Waals surface area contributed by atoms with Crippen molar-refractivity contribution >= 4 is 34.8 Å². The third-order valence-corrected chi connectivity index (χ3v) is 3.40. The summed E-state index contributed by atoms with van der Waals surface area (Å²) in [6.45, 7) is 2.11. The summed E-state index contributed by atoms with van der Waals surface area (Å²) >= 11 is 5.98.